The predicted octanol–water partition coefficient (Wildman–Crippen LogP) is 3.20. The molecule has 3 heteroatoms. The van der Waals surface area contributed by atoms with Gasteiger partial charge in [0, 0.05) is 5.56 Å². The van der Waals surface area contributed by atoms with Gasteiger partial charge in [-0.25, -0.2) is 0 Å². The molecule has 0 aliphatic heterocycles. The highest BCUT2D eigenvalue weighted by molar-refractivity contribution is 5.38. The highest BCUT2D eigenvalue weighted by atomic mass is 16.5. The first kappa shape index (κ1) is 14.6. The molecule has 0 heterocycles. The molecule has 2 aromatic rings. The SMILES string of the molecule is CCC(O)c1ccc(OCc2ccccc2)c(CO)c1. The number of hydrogen-bond acceptors (Lipinski definition) is 3. The van der Waals surface area contributed by atoms with E-state index in [1.807, 2.05) is 49.4 Å². The minimum atomic E-state index is -0.497. The Bertz CT molecular complexity index is 537. The monoisotopic (exact) mass is 272 g/mol. The molecule has 0 aliphatic rings. The van der Waals surface area contributed by atoms with Gasteiger partial charge in [-0.05, 0) is 29.7 Å². The average molecular weight is 272 g/mol. The van der Waals surface area contributed by atoms with Gasteiger partial charge in [0.1, 0.15) is 12.4 Å². The number of aliphatic hydroxyl groups is 2. The Hall–Kier alpha value is -1.84. The second-order valence-electron chi connectivity index (χ2n) is 4.72. The van der Waals surface area contributed by atoms with Crippen molar-refractivity contribution in [3.05, 3.63) is 65.2 Å². The van der Waals surface area contributed by atoms with Gasteiger partial charge < -0.3 is 14.9 Å². The number of aliphatic hydroxyl groups excluding tert-OH is 2. The first-order valence-electron chi connectivity index (χ1n) is 6.83. The Morgan fingerprint density at radius 1 is 1.10 bits per heavy atom. The lowest BCUT2D eigenvalue weighted by Crippen LogP contribution is -2.01. The minimum absolute atomic E-state index is 0.103. The van der Waals surface area contributed by atoms with Crippen LogP contribution in [-0.2, 0) is 13.2 Å². The number of benzene rings is 2. The van der Waals surface area contributed by atoms with E-state index in [-0.39, 0.29) is 6.61 Å². The Morgan fingerprint density at radius 3 is 2.50 bits per heavy atom. The van der Waals surface area contributed by atoms with Crippen LogP contribution in [0.3, 0.4) is 0 Å². The molecule has 2 rings (SSSR count). The van der Waals surface area contributed by atoms with Gasteiger partial charge in [-0.3, -0.25) is 0 Å². The molecule has 0 saturated heterocycles. The van der Waals surface area contributed by atoms with Crippen LogP contribution in [0.4, 0.5) is 0 Å². The zero-order valence-corrected chi connectivity index (χ0v) is 11.6. The first-order valence-corrected chi connectivity index (χ1v) is 6.83. The molecule has 2 N–H and O–H groups in total. The van der Waals surface area contributed by atoms with Crippen LogP contribution in [0.2, 0.25) is 0 Å². The van der Waals surface area contributed by atoms with Crippen molar-refractivity contribution in [3.63, 3.8) is 0 Å². The second kappa shape index (κ2) is 7.08. The van der Waals surface area contributed by atoms with Crippen molar-refractivity contribution >= 4 is 0 Å². The summed E-state index contributed by atoms with van der Waals surface area (Å²) in [5.74, 6) is 0.656. The minimum Gasteiger partial charge on any atom is -0.489 e. The third kappa shape index (κ3) is 3.59. The van der Waals surface area contributed by atoms with Gasteiger partial charge in [-0.1, -0.05) is 43.3 Å². The zero-order valence-electron chi connectivity index (χ0n) is 11.6. The van der Waals surface area contributed by atoms with E-state index >= 15 is 0 Å². The number of hydrogen-bond donors (Lipinski definition) is 2. The average Bonchev–Trinajstić information content (AvgIpc) is 2.53. The van der Waals surface area contributed by atoms with Gasteiger partial charge in [-0.15, -0.1) is 0 Å². The van der Waals surface area contributed by atoms with Crippen LogP contribution in [-0.4, -0.2) is 10.2 Å². The van der Waals surface area contributed by atoms with E-state index in [1.165, 1.54) is 0 Å². The molecule has 20 heavy (non-hydrogen) atoms. The molecule has 0 aliphatic carbocycles. The van der Waals surface area contributed by atoms with Gasteiger partial charge in [0.05, 0.1) is 12.7 Å². The molecule has 1 atom stereocenters. The van der Waals surface area contributed by atoms with E-state index in [4.69, 9.17) is 4.74 Å². The van der Waals surface area contributed by atoms with Gasteiger partial charge in [0.2, 0.25) is 0 Å². The van der Waals surface area contributed by atoms with Crippen LogP contribution in [0.5, 0.6) is 5.75 Å². The molecule has 0 aromatic heterocycles. The quantitative estimate of drug-likeness (QED) is 0.849. The van der Waals surface area contributed by atoms with Crippen LogP contribution < -0.4 is 4.74 Å². The zero-order chi connectivity index (χ0) is 14.4. The molecule has 0 spiro atoms. The third-order valence-electron chi connectivity index (χ3n) is 3.26. The normalized spacial score (nSPS) is 12.2. The lowest BCUT2D eigenvalue weighted by molar-refractivity contribution is 0.173. The van der Waals surface area contributed by atoms with Crippen LogP contribution in [0.15, 0.2) is 48.5 Å². The Labute approximate surface area is 119 Å². The van der Waals surface area contributed by atoms with E-state index in [1.54, 1.807) is 6.07 Å². The summed E-state index contributed by atoms with van der Waals surface area (Å²) >= 11 is 0. The summed E-state index contributed by atoms with van der Waals surface area (Å²) in [6.45, 7) is 2.28. The van der Waals surface area contributed by atoms with Crippen LogP contribution in [0.25, 0.3) is 0 Å². The summed E-state index contributed by atoms with van der Waals surface area (Å²) < 4.78 is 5.74. The summed E-state index contributed by atoms with van der Waals surface area (Å²) in [6, 6.07) is 15.3. The Morgan fingerprint density at radius 2 is 1.85 bits per heavy atom. The maximum Gasteiger partial charge on any atom is 0.125 e. The fraction of sp³-hybridized carbons (Fsp3) is 0.294. The molecule has 0 radical (unpaired) electrons. The van der Waals surface area contributed by atoms with Crippen molar-refractivity contribution < 1.29 is 14.9 Å². The van der Waals surface area contributed by atoms with Crippen molar-refractivity contribution in [1.82, 2.24) is 0 Å². The largest absolute Gasteiger partial charge is 0.489 e. The van der Waals surface area contributed by atoms with Gasteiger partial charge in [0.15, 0.2) is 0 Å². The summed E-state index contributed by atoms with van der Waals surface area (Å²) in [7, 11) is 0. The van der Waals surface area contributed by atoms with Crippen molar-refractivity contribution in [2.45, 2.75) is 32.7 Å². The van der Waals surface area contributed by atoms with E-state index < -0.39 is 6.10 Å². The smallest absolute Gasteiger partial charge is 0.125 e. The fourth-order valence-corrected chi connectivity index (χ4v) is 2.04. The fourth-order valence-electron chi connectivity index (χ4n) is 2.04. The second-order valence-corrected chi connectivity index (χ2v) is 4.72. The van der Waals surface area contributed by atoms with Crippen LogP contribution in [0, 0.1) is 0 Å². The molecular weight excluding hydrogens is 252 g/mol. The lowest BCUT2D eigenvalue weighted by Gasteiger charge is -2.14. The highest BCUT2D eigenvalue weighted by Crippen LogP contribution is 2.25. The van der Waals surface area contributed by atoms with Crippen molar-refractivity contribution in [3.8, 4) is 5.75 Å². The van der Waals surface area contributed by atoms with E-state index in [0.717, 1.165) is 11.1 Å². The summed E-state index contributed by atoms with van der Waals surface area (Å²) in [4.78, 5) is 0. The van der Waals surface area contributed by atoms with E-state index in [9.17, 15) is 10.2 Å². The molecule has 0 saturated carbocycles. The van der Waals surface area contributed by atoms with Crippen LogP contribution >= 0.6 is 0 Å². The van der Waals surface area contributed by atoms with Gasteiger partial charge >= 0.3 is 0 Å². The van der Waals surface area contributed by atoms with Crippen molar-refractivity contribution in [2.24, 2.45) is 0 Å². The molecule has 2 aromatic carbocycles. The first-order chi connectivity index (χ1) is 9.74. The third-order valence-corrected chi connectivity index (χ3v) is 3.26. The topological polar surface area (TPSA) is 49.7 Å². The molecule has 0 fully saturated rings. The van der Waals surface area contributed by atoms with Gasteiger partial charge in [-0.2, -0.15) is 0 Å². The molecule has 106 valence electrons. The Balaban J connectivity index is 2.11. The highest BCUT2D eigenvalue weighted by Gasteiger charge is 2.09. The van der Waals surface area contributed by atoms with Gasteiger partial charge in [0.25, 0.3) is 0 Å². The van der Waals surface area contributed by atoms with Crippen LogP contribution in [0.1, 0.15) is 36.1 Å². The molecular formula is C17H20O3. The van der Waals surface area contributed by atoms with E-state index in [0.29, 0.717) is 24.3 Å². The summed E-state index contributed by atoms with van der Waals surface area (Å²) in [5.41, 5.74) is 2.59. The number of ether oxygens (including phenoxy) is 1. The molecule has 0 bridgehead atoms. The molecule has 1 unspecified atom stereocenters. The molecule has 3 nitrogen and oxygen atoms in total. The maximum atomic E-state index is 9.83. The predicted molar refractivity (Wildman–Crippen MR) is 78.4 cm³/mol. The lowest BCUT2D eigenvalue weighted by atomic mass is 10.0. The standard InChI is InChI=1S/C17H20O3/c1-2-16(19)14-8-9-17(15(10-14)11-18)20-12-13-6-4-3-5-7-13/h3-10,16,18-19H,2,11-12H2,1H3. The number of rotatable bonds is 6. The summed E-state index contributed by atoms with van der Waals surface area (Å²) in [5, 5.41) is 19.3. The maximum absolute atomic E-state index is 9.83. The molecule has 0 amide bonds. The Kier molecular flexibility index (Phi) is 5.16. The summed E-state index contributed by atoms with van der Waals surface area (Å²) in [6.07, 6.45) is 0.151. The van der Waals surface area contributed by atoms with E-state index in [2.05, 4.69) is 0 Å². The van der Waals surface area contributed by atoms with Crippen molar-refractivity contribution in [1.29, 1.82) is 0 Å². The van der Waals surface area contributed by atoms with Crippen molar-refractivity contribution in [2.75, 3.05) is 0 Å².